The van der Waals surface area contributed by atoms with Gasteiger partial charge in [-0.25, -0.2) is 0 Å². The molecule has 1 aliphatic carbocycles. The van der Waals surface area contributed by atoms with Gasteiger partial charge in [0, 0.05) is 0 Å². The van der Waals surface area contributed by atoms with Crippen LogP contribution in [0.2, 0.25) is 0 Å². The summed E-state index contributed by atoms with van der Waals surface area (Å²) in [5.41, 5.74) is 1.52. The lowest BCUT2D eigenvalue weighted by Crippen LogP contribution is -2.10. The quantitative estimate of drug-likeness (QED) is 0.270. The maximum absolute atomic E-state index is 2.41. The molecule has 0 radical (unpaired) electrons. The molecule has 0 atom stereocenters. The van der Waals surface area contributed by atoms with E-state index in [9.17, 15) is 0 Å². The third-order valence-electron chi connectivity index (χ3n) is 5.37. The Bertz CT molecular complexity index is 1260. The van der Waals surface area contributed by atoms with Crippen LogP contribution in [-0.2, 0) is 6.42 Å². The monoisotopic (exact) mass is 278 g/mol. The number of hydrogen-bond donors (Lipinski definition) is 0. The Hall–Kier alpha value is -2.60. The van der Waals surface area contributed by atoms with Crippen molar-refractivity contribution < 1.29 is 0 Å². The molecule has 0 saturated carbocycles. The molecule has 0 unspecified atom stereocenters. The van der Waals surface area contributed by atoms with Gasteiger partial charge in [-0.05, 0) is 78.8 Å². The molecule has 0 spiro atoms. The van der Waals surface area contributed by atoms with Crippen molar-refractivity contribution in [1.82, 2.24) is 0 Å². The number of hydrogen-bond acceptors (Lipinski definition) is 0. The summed E-state index contributed by atoms with van der Waals surface area (Å²) >= 11 is 0. The molecule has 0 N–H and O–H groups in total. The first-order chi connectivity index (χ1) is 10.9. The van der Waals surface area contributed by atoms with Crippen LogP contribution in [0.5, 0.6) is 0 Å². The van der Waals surface area contributed by atoms with Gasteiger partial charge in [-0.15, -0.1) is 0 Å². The lowest BCUT2D eigenvalue weighted by atomic mass is 9.85. The molecule has 5 aromatic carbocycles. The van der Waals surface area contributed by atoms with Gasteiger partial charge in [0.25, 0.3) is 0 Å². The fourth-order valence-corrected chi connectivity index (χ4v) is 4.47. The average Bonchev–Trinajstić information content (AvgIpc) is 2.57. The van der Waals surface area contributed by atoms with Gasteiger partial charge in [-0.3, -0.25) is 0 Å². The Morgan fingerprint density at radius 1 is 0.591 bits per heavy atom. The average molecular weight is 278 g/mol. The Kier molecular flexibility index (Phi) is 1.80. The number of rotatable bonds is 0. The first-order valence-corrected chi connectivity index (χ1v) is 8.02. The second kappa shape index (κ2) is 3.59. The van der Waals surface area contributed by atoms with E-state index in [0.29, 0.717) is 0 Å². The van der Waals surface area contributed by atoms with Crippen LogP contribution in [0, 0.1) is 0 Å². The number of aryl methyl sites for hydroxylation is 1. The van der Waals surface area contributed by atoms with E-state index in [1.165, 1.54) is 60.3 Å². The second-order valence-corrected chi connectivity index (χ2v) is 6.53. The highest BCUT2D eigenvalue weighted by Crippen LogP contribution is 2.40. The molecule has 5 aromatic rings. The predicted molar refractivity (Wildman–Crippen MR) is 95.7 cm³/mol. The van der Waals surface area contributed by atoms with Gasteiger partial charge in [-0.2, -0.15) is 0 Å². The van der Waals surface area contributed by atoms with Crippen LogP contribution >= 0.6 is 0 Å². The van der Waals surface area contributed by atoms with Gasteiger partial charge in [0.15, 0.2) is 0 Å². The van der Waals surface area contributed by atoms with Crippen LogP contribution in [-0.4, -0.2) is 0 Å². The molecule has 6 rings (SSSR count). The van der Waals surface area contributed by atoms with Crippen molar-refractivity contribution in [2.75, 3.05) is 0 Å². The molecule has 1 aliphatic rings. The SMILES string of the molecule is C1=c2cc3ccc4cccc5cc6ccc(c2c6c3c45)CC1. The van der Waals surface area contributed by atoms with E-state index >= 15 is 0 Å². The van der Waals surface area contributed by atoms with Crippen LogP contribution in [0.3, 0.4) is 0 Å². The summed E-state index contributed by atoms with van der Waals surface area (Å²) in [4.78, 5) is 0. The minimum atomic E-state index is 1.16. The van der Waals surface area contributed by atoms with Gasteiger partial charge in [-0.1, -0.05) is 48.5 Å². The minimum absolute atomic E-state index is 1.16. The standard InChI is InChI=1S/C22H14/c1-3-13-7-9-18-12-16-6-2-4-14-8-10-17-11-15(5-1)19(13)21(18)22(17)20(14)16/h1,3,5-12H,2,4H2. The van der Waals surface area contributed by atoms with E-state index in [2.05, 4.69) is 60.7 Å². The first-order valence-electron chi connectivity index (χ1n) is 8.02. The Labute approximate surface area is 128 Å². The van der Waals surface area contributed by atoms with Gasteiger partial charge in [0.1, 0.15) is 0 Å². The summed E-state index contributed by atoms with van der Waals surface area (Å²) in [6, 6.07) is 20.6. The highest BCUT2D eigenvalue weighted by atomic mass is 14.2. The molecular formula is C22H14. The van der Waals surface area contributed by atoms with Crippen molar-refractivity contribution in [3.8, 4) is 0 Å². The van der Waals surface area contributed by atoms with Crippen LogP contribution < -0.4 is 5.22 Å². The zero-order valence-electron chi connectivity index (χ0n) is 12.2. The predicted octanol–water partition coefficient (Wildman–Crippen LogP) is 5.18. The van der Waals surface area contributed by atoms with Crippen molar-refractivity contribution in [1.29, 1.82) is 0 Å². The van der Waals surface area contributed by atoms with Crippen LogP contribution in [0.4, 0.5) is 0 Å². The topological polar surface area (TPSA) is 0 Å². The fraction of sp³-hybridized carbons (Fsp3) is 0.0909. The maximum atomic E-state index is 2.41. The molecule has 0 heteroatoms. The summed E-state index contributed by atoms with van der Waals surface area (Å²) in [5.74, 6) is 0. The van der Waals surface area contributed by atoms with Crippen molar-refractivity contribution in [3.63, 3.8) is 0 Å². The lowest BCUT2D eigenvalue weighted by molar-refractivity contribution is 1.04. The second-order valence-electron chi connectivity index (χ2n) is 6.53. The summed E-state index contributed by atoms with van der Waals surface area (Å²) in [5, 5.41) is 12.8. The minimum Gasteiger partial charge on any atom is -0.0763 e. The number of benzene rings is 5. The van der Waals surface area contributed by atoms with E-state index in [-0.39, 0.29) is 0 Å². The smallest absolute Gasteiger partial charge is 0.00142 e. The van der Waals surface area contributed by atoms with Crippen LogP contribution in [0.15, 0.2) is 54.6 Å². The van der Waals surface area contributed by atoms with E-state index in [4.69, 9.17) is 0 Å². The summed E-state index contributed by atoms with van der Waals surface area (Å²) in [6.07, 6.45) is 4.75. The first kappa shape index (κ1) is 11.0. The Morgan fingerprint density at radius 2 is 1.32 bits per heavy atom. The van der Waals surface area contributed by atoms with Gasteiger partial charge in [0.05, 0.1) is 0 Å². The molecule has 0 nitrogen and oxygen atoms in total. The molecular weight excluding hydrogens is 264 g/mol. The van der Waals surface area contributed by atoms with Crippen LogP contribution in [0.1, 0.15) is 12.0 Å². The fourth-order valence-electron chi connectivity index (χ4n) is 4.47. The molecule has 0 bridgehead atoms. The maximum Gasteiger partial charge on any atom is -0.00142 e. The zero-order chi connectivity index (χ0) is 14.3. The Morgan fingerprint density at radius 3 is 2.32 bits per heavy atom. The summed E-state index contributed by atoms with van der Waals surface area (Å²) in [6.45, 7) is 0. The Balaban J connectivity index is 2.12. The van der Waals surface area contributed by atoms with Gasteiger partial charge < -0.3 is 0 Å². The largest absolute Gasteiger partial charge is 0.0763 e. The highest BCUT2D eigenvalue weighted by Gasteiger charge is 2.16. The van der Waals surface area contributed by atoms with E-state index < -0.39 is 0 Å². The molecule has 102 valence electrons. The van der Waals surface area contributed by atoms with Gasteiger partial charge >= 0.3 is 0 Å². The van der Waals surface area contributed by atoms with Crippen molar-refractivity contribution in [2.45, 2.75) is 12.8 Å². The van der Waals surface area contributed by atoms with Gasteiger partial charge in [0.2, 0.25) is 0 Å². The van der Waals surface area contributed by atoms with Crippen molar-refractivity contribution in [2.24, 2.45) is 0 Å². The molecule has 0 aromatic heterocycles. The van der Waals surface area contributed by atoms with E-state index in [1.807, 2.05) is 0 Å². The van der Waals surface area contributed by atoms with E-state index in [1.54, 1.807) is 0 Å². The third-order valence-corrected chi connectivity index (χ3v) is 5.37. The van der Waals surface area contributed by atoms with Crippen LogP contribution in [0.25, 0.3) is 49.2 Å². The van der Waals surface area contributed by atoms with Crippen molar-refractivity contribution >= 4 is 49.2 Å². The summed E-state index contributed by atoms with van der Waals surface area (Å²) < 4.78 is 0. The molecule has 0 heterocycles. The zero-order valence-corrected chi connectivity index (χ0v) is 12.2. The van der Waals surface area contributed by atoms with E-state index in [0.717, 1.165) is 6.42 Å². The molecule has 0 saturated heterocycles. The lowest BCUT2D eigenvalue weighted by Gasteiger charge is -2.19. The third kappa shape index (κ3) is 1.16. The summed E-state index contributed by atoms with van der Waals surface area (Å²) in [7, 11) is 0. The molecule has 0 aliphatic heterocycles. The molecule has 0 fully saturated rings. The van der Waals surface area contributed by atoms with Crippen molar-refractivity contribution in [3.05, 3.63) is 65.4 Å². The normalized spacial score (nSPS) is 14.4. The molecule has 22 heavy (non-hydrogen) atoms. The highest BCUT2D eigenvalue weighted by molar-refractivity contribution is 6.31. The molecule has 0 amide bonds.